The highest BCUT2D eigenvalue weighted by atomic mass is 16.1. The van der Waals surface area contributed by atoms with Crippen LogP contribution in [0.1, 0.15) is 40.2 Å². The Hall–Kier alpha value is -2.68. The lowest BCUT2D eigenvalue weighted by Gasteiger charge is -2.08. The van der Waals surface area contributed by atoms with E-state index in [2.05, 4.69) is 34.6 Å². The van der Waals surface area contributed by atoms with Crippen molar-refractivity contribution in [3.05, 3.63) is 77.5 Å². The third-order valence-corrected chi connectivity index (χ3v) is 4.32. The van der Waals surface area contributed by atoms with Crippen LogP contribution in [-0.4, -0.2) is 10.9 Å². The summed E-state index contributed by atoms with van der Waals surface area (Å²) in [6, 6.07) is 18.0. The van der Waals surface area contributed by atoms with E-state index in [0.717, 1.165) is 22.4 Å². The van der Waals surface area contributed by atoms with Gasteiger partial charge in [0.15, 0.2) is 0 Å². The fourth-order valence-electron chi connectivity index (χ4n) is 2.87. The van der Waals surface area contributed by atoms with Gasteiger partial charge in [-0.3, -0.25) is 9.78 Å². The number of benzene rings is 2. The molecular formula is C20H18N2O. The third kappa shape index (κ3) is 3.09. The van der Waals surface area contributed by atoms with Crippen molar-refractivity contribution < 1.29 is 4.79 Å². The molecule has 1 heterocycles. The lowest BCUT2D eigenvalue weighted by atomic mass is 10.1. The second kappa shape index (κ2) is 5.84. The van der Waals surface area contributed by atoms with Gasteiger partial charge in [0.1, 0.15) is 0 Å². The summed E-state index contributed by atoms with van der Waals surface area (Å²) in [5, 5.41) is 3.99. The van der Waals surface area contributed by atoms with E-state index >= 15 is 0 Å². The Bertz CT molecular complexity index is 868. The molecule has 3 heteroatoms. The zero-order chi connectivity index (χ0) is 15.6. The SMILES string of the molecule is O=C(NCc1cccc(C2CC2)c1)c1ccc2ncccc2c1. The molecule has 0 bridgehead atoms. The molecule has 1 aliphatic carbocycles. The minimum atomic E-state index is -0.0485. The number of aromatic nitrogens is 1. The number of pyridine rings is 1. The molecule has 114 valence electrons. The van der Waals surface area contributed by atoms with Crippen molar-refractivity contribution in [2.75, 3.05) is 0 Å². The molecule has 0 unspecified atom stereocenters. The lowest BCUT2D eigenvalue weighted by molar-refractivity contribution is 0.0951. The number of carbonyl (C=O) groups excluding carboxylic acids is 1. The van der Waals surface area contributed by atoms with Crippen molar-refractivity contribution in [1.82, 2.24) is 10.3 Å². The Kier molecular flexibility index (Phi) is 3.54. The van der Waals surface area contributed by atoms with Crippen LogP contribution in [0.5, 0.6) is 0 Å². The first-order valence-corrected chi connectivity index (χ1v) is 8.01. The van der Waals surface area contributed by atoms with E-state index in [4.69, 9.17) is 0 Å². The van der Waals surface area contributed by atoms with Crippen molar-refractivity contribution >= 4 is 16.8 Å². The number of amides is 1. The molecule has 0 atom stereocenters. The molecule has 2 aromatic carbocycles. The van der Waals surface area contributed by atoms with Crippen molar-refractivity contribution in [2.45, 2.75) is 25.3 Å². The summed E-state index contributed by atoms with van der Waals surface area (Å²) in [4.78, 5) is 16.6. The predicted molar refractivity (Wildman–Crippen MR) is 91.3 cm³/mol. The van der Waals surface area contributed by atoms with E-state index in [9.17, 15) is 4.79 Å². The van der Waals surface area contributed by atoms with Gasteiger partial charge in [0.05, 0.1) is 5.52 Å². The Balaban J connectivity index is 1.47. The van der Waals surface area contributed by atoms with Gasteiger partial charge in [-0.25, -0.2) is 0 Å². The maximum atomic E-state index is 12.4. The minimum Gasteiger partial charge on any atom is -0.348 e. The van der Waals surface area contributed by atoms with Crippen LogP contribution in [0.4, 0.5) is 0 Å². The van der Waals surface area contributed by atoms with Gasteiger partial charge in [0.25, 0.3) is 5.91 Å². The normalized spacial score (nSPS) is 13.9. The van der Waals surface area contributed by atoms with Gasteiger partial charge in [0, 0.05) is 23.7 Å². The molecule has 4 rings (SSSR count). The average molecular weight is 302 g/mol. The molecule has 1 saturated carbocycles. The Morgan fingerprint density at radius 1 is 1.09 bits per heavy atom. The number of rotatable bonds is 4. The van der Waals surface area contributed by atoms with E-state index in [1.807, 2.05) is 30.3 Å². The number of nitrogens with zero attached hydrogens (tertiary/aromatic N) is 1. The van der Waals surface area contributed by atoms with Crippen molar-refractivity contribution in [3.63, 3.8) is 0 Å². The lowest BCUT2D eigenvalue weighted by Crippen LogP contribution is -2.22. The Morgan fingerprint density at radius 2 is 2.00 bits per heavy atom. The second-order valence-electron chi connectivity index (χ2n) is 6.11. The number of hydrogen-bond acceptors (Lipinski definition) is 2. The van der Waals surface area contributed by atoms with Crippen LogP contribution in [0.2, 0.25) is 0 Å². The minimum absolute atomic E-state index is 0.0485. The summed E-state index contributed by atoms with van der Waals surface area (Å²) in [7, 11) is 0. The monoisotopic (exact) mass is 302 g/mol. The number of nitrogens with one attached hydrogen (secondary N) is 1. The summed E-state index contributed by atoms with van der Waals surface area (Å²) in [6.45, 7) is 0.560. The predicted octanol–water partition coefficient (Wildman–Crippen LogP) is 4.04. The number of hydrogen-bond donors (Lipinski definition) is 1. The first-order valence-electron chi connectivity index (χ1n) is 8.01. The number of carbonyl (C=O) groups is 1. The first-order chi connectivity index (χ1) is 11.3. The zero-order valence-corrected chi connectivity index (χ0v) is 12.8. The van der Waals surface area contributed by atoms with Crippen LogP contribution in [0.3, 0.4) is 0 Å². The molecule has 1 fully saturated rings. The van der Waals surface area contributed by atoms with Gasteiger partial charge in [0.2, 0.25) is 0 Å². The standard InChI is InChI=1S/C20H18N2O/c23-20(18-8-9-19-17(12-18)5-2-10-21-19)22-13-14-3-1-4-16(11-14)15-6-7-15/h1-5,8-12,15H,6-7,13H2,(H,22,23). The molecule has 1 aliphatic rings. The van der Waals surface area contributed by atoms with Gasteiger partial charge in [-0.1, -0.05) is 30.3 Å². The van der Waals surface area contributed by atoms with Crippen LogP contribution in [0.15, 0.2) is 60.8 Å². The molecule has 23 heavy (non-hydrogen) atoms. The highest BCUT2D eigenvalue weighted by Crippen LogP contribution is 2.40. The van der Waals surface area contributed by atoms with Gasteiger partial charge in [-0.05, 0) is 54.2 Å². The molecule has 1 aromatic heterocycles. The quantitative estimate of drug-likeness (QED) is 0.790. The van der Waals surface area contributed by atoms with Gasteiger partial charge in [-0.2, -0.15) is 0 Å². The first kappa shape index (κ1) is 13.9. The van der Waals surface area contributed by atoms with Crippen LogP contribution >= 0.6 is 0 Å². The van der Waals surface area contributed by atoms with Crippen molar-refractivity contribution in [2.24, 2.45) is 0 Å². The van der Waals surface area contributed by atoms with Crippen LogP contribution < -0.4 is 5.32 Å². The third-order valence-electron chi connectivity index (χ3n) is 4.32. The van der Waals surface area contributed by atoms with E-state index in [1.165, 1.54) is 18.4 Å². The number of fused-ring (bicyclic) bond motifs is 1. The maximum Gasteiger partial charge on any atom is 0.251 e. The summed E-state index contributed by atoms with van der Waals surface area (Å²) < 4.78 is 0. The Morgan fingerprint density at radius 3 is 2.87 bits per heavy atom. The maximum absolute atomic E-state index is 12.4. The average Bonchev–Trinajstić information content (AvgIpc) is 3.44. The highest BCUT2D eigenvalue weighted by Gasteiger charge is 2.23. The van der Waals surface area contributed by atoms with Crippen molar-refractivity contribution in [1.29, 1.82) is 0 Å². The molecule has 3 nitrogen and oxygen atoms in total. The van der Waals surface area contributed by atoms with Crippen LogP contribution in [0.25, 0.3) is 10.9 Å². The fraction of sp³-hybridized carbons (Fsp3) is 0.200. The topological polar surface area (TPSA) is 42.0 Å². The molecular weight excluding hydrogens is 284 g/mol. The van der Waals surface area contributed by atoms with Gasteiger partial charge in [-0.15, -0.1) is 0 Å². The summed E-state index contributed by atoms with van der Waals surface area (Å²) >= 11 is 0. The van der Waals surface area contributed by atoms with Gasteiger partial charge < -0.3 is 5.32 Å². The molecule has 0 radical (unpaired) electrons. The van der Waals surface area contributed by atoms with E-state index in [0.29, 0.717) is 12.1 Å². The largest absolute Gasteiger partial charge is 0.348 e. The second-order valence-corrected chi connectivity index (χ2v) is 6.11. The van der Waals surface area contributed by atoms with E-state index in [-0.39, 0.29) is 5.91 Å². The Labute approximate surface area is 135 Å². The molecule has 3 aromatic rings. The molecule has 0 spiro atoms. The molecule has 0 aliphatic heterocycles. The van der Waals surface area contributed by atoms with Crippen LogP contribution in [0, 0.1) is 0 Å². The molecule has 1 N–H and O–H groups in total. The van der Waals surface area contributed by atoms with E-state index in [1.54, 1.807) is 6.20 Å². The molecule has 0 saturated heterocycles. The van der Waals surface area contributed by atoms with Crippen molar-refractivity contribution in [3.8, 4) is 0 Å². The molecule has 1 amide bonds. The summed E-state index contributed by atoms with van der Waals surface area (Å²) in [6.07, 6.45) is 4.34. The van der Waals surface area contributed by atoms with E-state index < -0.39 is 0 Å². The van der Waals surface area contributed by atoms with Crippen LogP contribution in [-0.2, 0) is 6.54 Å². The highest BCUT2D eigenvalue weighted by molar-refractivity contribution is 5.97. The smallest absolute Gasteiger partial charge is 0.251 e. The summed E-state index contributed by atoms with van der Waals surface area (Å²) in [5.41, 5.74) is 4.13. The summed E-state index contributed by atoms with van der Waals surface area (Å²) in [5.74, 6) is 0.686. The zero-order valence-electron chi connectivity index (χ0n) is 12.8. The van der Waals surface area contributed by atoms with Gasteiger partial charge >= 0.3 is 0 Å². The fourth-order valence-corrected chi connectivity index (χ4v) is 2.87.